The molecule has 21 heavy (non-hydrogen) atoms. The number of carbonyl (C=O) groups excluding carboxylic acids is 2. The fraction of sp³-hybridized carbons (Fsp3) is 0.467. The van der Waals surface area contributed by atoms with Gasteiger partial charge in [-0.05, 0) is 18.1 Å². The van der Waals surface area contributed by atoms with Gasteiger partial charge in [0, 0.05) is 13.1 Å². The monoisotopic (exact) mass is 292 g/mol. The Morgan fingerprint density at radius 2 is 1.95 bits per heavy atom. The van der Waals surface area contributed by atoms with Crippen molar-refractivity contribution in [2.45, 2.75) is 6.92 Å². The van der Waals surface area contributed by atoms with Crippen molar-refractivity contribution in [2.24, 2.45) is 17.6 Å². The molecule has 1 saturated heterocycles. The number of likely N-dealkylation sites (tertiary alicyclic amines) is 1. The maximum Gasteiger partial charge on any atom is 0.257 e. The summed E-state index contributed by atoms with van der Waals surface area (Å²) in [4.78, 5) is 25.7. The van der Waals surface area contributed by atoms with Crippen LogP contribution in [0.5, 0.6) is 11.5 Å². The highest BCUT2D eigenvalue weighted by Crippen LogP contribution is 2.33. The molecule has 0 radical (unpaired) electrons. The number of amides is 2. The molecule has 1 aliphatic heterocycles. The summed E-state index contributed by atoms with van der Waals surface area (Å²) in [5.41, 5.74) is 5.79. The molecule has 1 fully saturated rings. The van der Waals surface area contributed by atoms with Crippen molar-refractivity contribution in [2.75, 3.05) is 27.3 Å². The summed E-state index contributed by atoms with van der Waals surface area (Å²) in [7, 11) is 3.01. The van der Waals surface area contributed by atoms with Crippen LogP contribution >= 0.6 is 0 Å². The maximum absolute atomic E-state index is 12.6. The highest BCUT2D eigenvalue weighted by Gasteiger charge is 2.37. The van der Waals surface area contributed by atoms with Crippen molar-refractivity contribution < 1.29 is 19.1 Å². The summed E-state index contributed by atoms with van der Waals surface area (Å²) in [6, 6.07) is 5.15. The predicted molar refractivity (Wildman–Crippen MR) is 77.3 cm³/mol. The van der Waals surface area contributed by atoms with Gasteiger partial charge in [0.15, 0.2) is 11.5 Å². The molecular formula is C15H20N2O4. The lowest BCUT2D eigenvalue weighted by Crippen LogP contribution is -2.32. The molecule has 1 aromatic carbocycles. The number of para-hydroxylation sites is 1. The highest BCUT2D eigenvalue weighted by molar-refractivity contribution is 5.98. The zero-order chi connectivity index (χ0) is 15.6. The van der Waals surface area contributed by atoms with Crippen LogP contribution in [0.15, 0.2) is 18.2 Å². The van der Waals surface area contributed by atoms with E-state index in [-0.39, 0.29) is 23.7 Å². The van der Waals surface area contributed by atoms with E-state index in [1.807, 2.05) is 6.92 Å². The minimum atomic E-state index is -0.365. The van der Waals surface area contributed by atoms with Gasteiger partial charge in [-0.15, -0.1) is 0 Å². The smallest absolute Gasteiger partial charge is 0.257 e. The lowest BCUT2D eigenvalue weighted by atomic mass is 9.98. The molecule has 1 heterocycles. The molecule has 2 atom stereocenters. The maximum atomic E-state index is 12.6. The molecule has 0 aliphatic carbocycles. The Hall–Kier alpha value is -2.24. The third kappa shape index (κ3) is 2.79. The van der Waals surface area contributed by atoms with Crippen molar-refractivity contribution in [3.8, 4) is 11.5 Å². The number of hydrogen-bond acceptors (Lipinski definition) is 4. The Labute approximate surface area is 123 Å². The Morgan fingerprint density at radius 1 is 1.24 bits per heavy atom. The zero-order valence-electron chi connectivity index (χ0n) is 12.5. The molecule has 2 amide bonds. The first kappa shape index (κ1) is 15.2. The van der Waals surface area contributed by atoms with Crippen molar-refractivity contribution in [1.29, 1.82) is 0 Å². The standard InChI is InChI=1S/C15H20N2O4/c1-9-7-17(8-11(9)14(16)18)15(19)10-5-4-6-12(20-2)13(10)21-3/h4-6,9,11H,7-8H2,1-3H3,(H2,16,18)/t9-,11-/m1/s1. The first-order valence-corrected chi connectivity index (χ1v) is 6.79. The Morgan fingerprint density at radius 3 is 2.48 bits per heavy atom. The average molecular weight is 292 g/mol. The van der Waals surface area contributed by atoms with Crippen molar-refractivity contribution >= 4 is 11.8 Å². The van der Waals surface area contributed by atoms with E-state index in [9.17, 15) is 9.59 Å². The molecule has 6 nitrogen and oxygen atoms in total. The topological polar surface area (TPSA) is 81.9 Å². The minimum absolute atomic E-state index is 0.0584. The summed E-state index contributed by atoms with van der Waals surface area (Å²) in [6.07, 6.45) is 0. The molecule has 2 N–H and O–H groups in total. The largest absolute Gasteiger partial charge is 0.493 e. The molecule has 0 saturated carbocycles. The Balaban J connectivity index is 2.27. The van der Waals surface area contributed by atoms with Crippen LogP contribution in [0.1, 0.15) is 17.3 Å². The van der Waals surface area contributed by atoms with Gasteiger partial charge in [-0.2, -0.15) is 0 Å². The van der Waals surface area contributed by atoms with Crippen LogP contribution in [0, 0.1) is 11.8 Å². The lowest BCUT2D eigenvalue weighted by Gasteiger charge is -2.19. The van der Waals surface area contributed by atoms with Crippen LogP contribution in [-0.4, -0.2) is 44.0 Å². The molecule has 114 valence electrons. The number of nitrogens with two attached hydrogens (primary N) is 1. The molecule has 0 unspecified atom stereocenters. The van der Waals surface area contributed by atoms with Gasteiger partial charge in [0.1, 0.15) is 0 Å². The SMILES string of the molecule is COc1cccc(C(=O)N2C[C@@H](C)[C@H](C(N)=O)C2)c1OC. The summed E-state index contributed by atoms with van der Waals surface area (Å²) in [5, 5.41) is 0. The summed E-state index contributed by atoms with van der Waals surface area (Å²) in [6.45, 7) is 2.77. The molecule has 0 aromatic heterocycles. The van der Waals surface area contributed by atoms with Crippen molar-refractivity contribution in [1.82, 2.24) is 4.90 Å². The van der Waals surface area contributed by atoms with Gasteiger partial charge >= 0.3 is 0 Å². The zero-order valence-corrected chi connectivity index (χ0v) is 12.5. The molecule has 1 aliphatic rings. The predicted octanol–water partition coefficient (Wildman–Crippen LogP) is 0.897. The number of nitrogens with zero attached hydrogens (tertiary/aromatic N) is 1. The number of benzene rings is 1. The van der Waals surface area contributed by atoms with E-state index >= 15 is 0 Å². The van der Waals surface area contributed by atoms with Gasteiger partial charge in [-0.1, -0.05) is 13.0 Å². The quantitative estimate of drug-likeness (QED) is 0.893. The first-order chi connectivity index (χ1) is 9.99. The number of hydrogen-bond donors (Lipinski definition) is 1. The average Bonchev–Trinajstić information content (AvgIpc) is 2.87. The van der Waals surface area contributed by atoms with Crippen LogP contribution in [0.4, 0.5) is 0 Å². The van der Waals surface area contributed by atoms with Crippen LogP contribution in [0.2, 0.25) is 0 Å². The molecule has 2 rings (SSSR count). The number of primary amides is 1. The van der Waals surface area contributed by atoms with Crippen LogP contribution in [0.3, 0.4) is 0 Å². The Bertz CT molecular complexity index is 559. The molecule has 1 aromatic rings. The molecule has 0 spiro atoms. The van der Waals surface area contributed by atoms with Gasteiger partial charge < -0.3 is 20.1 Å². The van der Waals surface area contributed by atoms with E-state index in [1.54, 1.807) is 23.1 Å². The van der Waals surface area contributed by atoms with Gasteiger partial charge in [-0.25, -0.2) is 0 Å². The number of methoxy groups -OCH3 is 2. The van der Waals surface area contributed by atoms with E-state index in [4.69, 9.17) is 15.2 Å². The molecular weight excluding hydrogens is 272 g/mol. The second-order valence-corrected chi connectivity index (χ2v) is 5.24. The van der Waals surface area contributed by atoms with E-state index in [0.29, 0.717) is 30.2 Å². The van der Waals surface area contributed by atoms with Gasteiger partial charge in [0.05, 0.1) is 25.7 Å². The van der Waals surface area contributed by atoms with Gasteiger partial charge in [0.25, 0.3) is 5.91 Å². The number of ether oxygens (including phenoxy) is 2. The van der Waals surface area contributed by atoms with E-state index in [2.05, 4.69) is 0 Å². The third-order valence-corrected chi connectivity index (χ3v) is 3.90. The van der Waals surface area contributed by atoms with Crippen LogP contribution < -0.4 is 15.2 Å². The lowest BCUT2D eigenvalue weighted by molar-refractivity contribution is -0.122. The summed E-state index contributed by atoms with van der Waals surface area (Å²) in [5.74, 6) is 0.118. The Kier molecular flexibility index (Phi) is 4.35. The first-order valence-electron chi connectivity index (χ1n) is 6.79. The fourth-order valence-corrected chi connectivity index (χ4v) is 2.73. The van der Waals surface area contributed by atoms with Crippen molar-refractivity contribution in [3.05, 3.63) is 23.8 Å². The second-order valence-electron chi connectivity index (χ2n) is 5.24. The normalized spacial score (nSPS) is 21.2. The van der Waals surface area contributed by atoms with E-state index in [1.165, 1.54) is 14.2 Å². The fourth-order valence-electron chi connectivity index (χ4n) is 2.73. The summed E-state index contributed by atoms with van der Waals surface area (Å²) >= 11 is 0. The number of rotatable bonds is 4. The van der Waals surface area contributed by atoms with Crippen LogP contribution in [0.25, 0.3) is 0 Å². The number of carbonyl (C=O) groups is 2. The molecule has 6 heteroatoms. The van der Waals surface area contributed by atoms with Gasteiger partial charge in [0.2, 0.25) is 5.91 Å². The second kappa shape index (κ2) is 6.03. The van der Waals surface area contributed by atoms with Crippen LogP contribution in [-0.2, 0) is 4.79 Å². The third-order valence-electron chi connectivity index (χ3n) is 3.90. The summed E-state index contributed by atoms with van der Waals surface area (Å²) < 4.78 is 10.5. The van der Waals surface area contributed by atoms with Gasteiger partial charge in [-0.3, -0.25) is 9.59 Å². The highest BCUT2D eigenvalue weighted by atomic mass is 16.5. The van der Waals surface area contributed by atoms with Crippen molar-refractivity contribution in [3.63, 3.8) is 0 Å². The van der Waals surface area contributed by atoms with E-state index in [0.717, 1.165) is 0 Å². The van der Waals surface area contributed by atoms with E-state index < -0.39 is 0 Å². The molecule has 0 bridgehead atoms. The minimum Gasteiger partial charge on any atom is -0.493 e.